The third-order valence-corrected chi connectivity index (χ3v) is 3.67. The molecule has 0 unspecified atom stereocenters. The van der Waals surface area contributed by atoms with E-state index in [1.807, 2.05) is 63.2 Å². The van der Waals surface area contributed by atoms with Crippen molar-refractivity contribution in [2.24, 2.45) is 0 Å². The summed E-state index contributed by atoms with van der Waals surface area (Å²) < 4.78 is 5.04. The second kappa shape index (κ2) is 7.58. The molecule has 0 aromatic heterocycles. The maximum Gasteiger partial charge on any atom is 0.310 e. The molecule has 0 heterocycles. The Kier molecular flexibility index (Phi) is 5.52. The van der Waals surface area contributed by atoms with Crippen molar-refractivity contribution in [3.63, 3.8) is 0 Å². The maximum absolute atomic E-state index is 11.9. The van der Waals surface area contributed by atoms with Crippen LogP contribution in [0.15, 0.2) is 42.5 Å². The molecule has 0 atom stereocenters. The van der Waals surface area contributed by atoms with Gasteiger partial charge >= 0.3 is 5.97 Å². The van der Waals surface area contributed by atoms with E-state index in [1.54, 1.807) is 0 Å². The van der Waals surface area contributed by atoms with Crippen LogP contribution in [-0.4, -0.2) is 18.5 Å². The van der Waals surface area contributed by atoms with Crippen LogP contribution in [0.4, 0.5) is 5.69 Å². The fraction of sp³-hybridized carbons (Fsp3) is 0.263. The van der Waals surface area contributed by atoms with Crippen molar-refractivity contribution in [3.8, 4) is 0 Å². The van der Waals surface area contributed by atoms with Crippen LogP contribution in [0.2, 0.25) is 0 Å². The number of anilines is 1. The number of rotatable bonds is 5. The van der Waals surface area contributed by atoms with E-state index in [1.165, 1.54) is 0 Å². The van der Waals surface area contributed by atoms with Crippen molar-refractivity contribution in [1.29, 1.82) is 0 Å². The van der Waals surface area contributed by atoms with E-state index in [9.17, 15) is 9.59 Å². The molecule has 2 aromatic carbocycles. The molecule has 0 bridgehead atoms. The summed E-state index contributed by atoms with van der Waals surface area (Å²) in [6.07, 6.45) is 0.165. The first-order chi connectivity index (χ1) is 11.0. The Hall–Kier alpha value is -2.62. The van der Waals surface area contributed by atoms with Crippen molar-refractivity contribution in [2.45, 2.75) is 27.2 Å². The first-order valence-corrected chi connectivity index (χ1v) is 7.53. The van der Waals surface area contributed by atoms with Gasteiger partial charge in [-0.05, 0) is 43.5 Å². The lowest BCUT2D eigenvalue weighted by Crippen LogP contribution is -2.22. The zero-order valence-electron chi connectivity index (χ0n) is 13.7. The van der Waals surface area contributed by atoms with Gasteiger partial charge < -0.3 is 10.1 Å². The van der Waals surface area contributed by atoms with Gasteiger partial charge in [-0.1, -0.05) is 42.0 Å². The Morgan fingerprint density at radius 1 is 1.04 bits per heavy atom. The van der Waals surface area contributed by atoms with Crippen molar-refractivity contribution in [1.82, 2.24) is 0 Å². The number of esters is 1. The zero-order chi connectivity index (χ0) is 16.8. The maximum atomic E-state index is 11.9. The van der Waals surface area contributed by atoms with Gasteiger partial charge in [0.1, 0.15) is 0 Å². The lowest BCUT2D eigenvalue weighted by atomic mass is 10.1. The molecule has 23 heavy (non-hydrogen) atoms. The largest absolute Gasteiger partial charge is 0.455 e. The predicted molar refractivity (Wildman–Crippen MR) is 90.4 cm³/mol. The third kappa shape index (κ3) is 4.95. The van der Waals surface area contributed by atoms with Crippen molar-refractivity contribution >= 4 is 17.6 Å². The SMILES string of the molecule is Cc1cccc(CC(=O)OCC(=O)Nc2cccc(C)c2C)c1. The van der Waals surface area contributed by atoms with Gasteiger partial charge in [0.2, 0.25) is 0 Å². The Labute approximate surface area is 136 Å². The number of ether oxygens (including phenoxy) is 1. The van der Waals surface area contributed by atoms with Gasteiger partial charge in [0.15, 0.2) is 6.61 Å². The molecule has 0 aliphatic heterocycles. The number of hydrogen-bond acceptors (Lipinski definition) is 3. The van der Waals surface area contributed by atoms with Gasteiger partial charge in [0.25, 0.3) is 5.91 Å². The quantitative estimate of drug-likeness (QED) is 0.862. The van der Waals surface area contributed by atoms with E-state index >= 15 is 0 Å². The number of aryl methyl sites for hydroxylation is 2. The second-order valence-corrected chi connectivity index (χ2v) is 5.62. The monoisotopic (exact) mass is 311 g/mol. The average molecular weight is 311 g/mol. The average Bonchev–Trinajstić information content (AvgIpc) is 2.50. The minimum atomic E-state index is -0.410. The summed E-state index contributed by atoms with van der Waals surface area (Å²) >= 11 is 0. The molecular weight excluding hydrogens is 290 g/mol. The highest BCUT2D eigenvalue weighted by Gasteiger charge is 2.10. The summed E-state index contributed by atoms with van der Waals surface area (Å²) in [6, 6.07) is 13.3. The van der Waals surface area contributed by atoms with Crippen molar-refractivity contribution < 1.29 is 14.3 Å². The van der Waals surface area contributed by atoms with E-state index in [4.69, 9.17) is 4.74 Å². The number of hydrogen-bond donors (Lipinski definition) is 1. The third-order valence-electron chi connectivity index (χ3n) is 3.67. The number of benzene rings is 2. The Morgan fingerprint density at radius 2 is 1.78 bits per heavy atom. The Balaban J connectivity index is 1.84. The van der Waals surface area contributed by atoms with E-state index in [0.717, 1.165) is 27.9 Å². The minimum Gasteiger partial charge on any atom is -0.455 e. The highest BCUT2D eigenvalue weighted by molar-refractivity contribution is 5.93. The molecule has 0 saturated heterocycles. The topological polar surface area (TPSA) is 55.4 Å². The van der Waals surface area contributed by atoms with Gasteiger partial charge in [0.05, 0.1) is 6.42 Å². The number of nitrogens with one attached hydrogen (secondary N) is 1. The fourth-order valence-corrected chi connectivity index (χ4v) is 2.26. The standard InChI is InChI=1S/C19H21NO3/c1-13-6-4-8-16(10-13)11-19(22)23-12-18(21)20-17-9-5-7-14(2)15(17)3/h4-10H,11-12H2,1-3H3,(H,20,21). The molecule has 0 saturated carbocycles. The molecule has 0 aliphatic rings. The highest BCUT2D eigenvalue weighted by atomic mass is 16.5. The lowest BCUT2D eigenvalue weighted by molar-refractivity contribution is -0.146. The molecule has 0 spiro atoms. The van der Waals surface area contributed by atoms with E-state index in [-0.39, 0.29) is 18.9 Å². The molecule has 4 heteroatoms. The minimum absolute atomic E-state index is 0.165. The summed E-state index contributed by atoms with van der Waals surface area (Å²) in [6.45, 7) is 5.60. The van der Waals surface area contributed by atoms with Gasteiger partial charge in [-0.3, -0.25) is 9.59 Å². The van der Waals surface area contributed by atoms with Crippen molar-refractivity contribution in [3.05, 3.63) is 64.7 Å². The highest BCUT2D eigenvalue weighted by Crippen LogP contribution is 2.17. The van der Waals surface area contributed by atoms with Crippen molar-refractivity contribution in [2.75, 3.05) is 11.9 Å². The fourth-order valence-electron chi connectivity index (χ4n) is 2.26. The van der Waals surface area contributed by atoms with Gasteiger partial charge in [0, 0.05) is 5.69 Å². The second-order valence-electron chi connectivity index (χ2n) is 5.62. The van der Waals surface area contributed by atoms with Gasteiger partial charge in [-0.25, -0.2) is 0 Å². The number of carbonyl (C=O) groups is 2. The first-order valence-electron chi connectivity index (χ1n) is 7.53. The lowest BCUT2D eigenvalue weighted by Gasteiger charge is -2.10. The van der Waals surface area contributed by atoms with E-state index in [0.29, 0.717) is 0 Å². The molecule has 0 fully saturated rings. The van der Waals surface area contributed by atoms with Crippen LogP contribution < -0.4 is 5.32 Å². The van der Waals surface area contributed by atoms with Gasteiger partial charge in [-0.15, -0.1) is 0 Å². The van der Waals surface area contributed by atoms with Crippen LogP contribution in [0.1, 0.15) is 22.3 Å². The first kappa shape index (κ1) is 16.7. The smallest absolute Gasteiger partial charge is 0.310 e. The van der Waals surface area contributed by atoms with Crippen LogP contribution in [0.5, 0.6) is 0 Å². The van der Waals surface area contributed by atoms with Crippen LogP contribution in [-0.2, 0) is 20.7 Å². The molecule has 1 N–H and O–H groups in total. The van der Waals surface area contributed by atoms with Crippen LogP contribution >= 0.6 is 0 Å². The number of amides is 1. The Bertz CT molecular complexity index is 722. The van der Waals surface area contributed by atoms with Crippen LogP contribution in [0.3, 0.4) is 0 Å². The molecular formula is C19H21NO3. The summed E-state index contributed by atoms with van der Waals surface area (Å²) in [4.78, 5) is 23.7. The molecule has 0 radical (unpaired) electrons. The molecule has 4 nitrogen and oxygen atoms in total. The van der Waals surface area contributed by atoms with Crippen LogP contribution in [0, 0.1) is 20.8 Å². The summed E-state index contributed by atoms with van der Waals surface area (Å²) in [7, 11) is 0. The molecule has 0 aliphatic carbocycles. The predicted octanol–water partition coefficient (Wildman–Crippen LogP) is 3.34. The van der Waals surface area contributed by atoms with Gasteiger partial charge in [-0.2, -0.15) is 0 Å². The molecule has 2 rings (SSSR count). The van der Waals surface area contributed by atoms with E-state index < -0.39 is 5.97 Å². The van der Waals surface area contributed by atoms with E-state index in [2.05, 4.69) is 5.32 Å². The number of carbonyl (C=O) groups excluding carboxylic acids is 2. The summed E-state index contributed by atoms with van der Waals surface area (Å²) in [5.74, 6) is -0.747. The molecule has 1 amide bonds. The normalized spacial score (nSPS) is 10.2. The summed E-state index contributed by atoms with van der Waals surface area (Å²) in [5, 5.41) is 2.76. The zero-order valence-corrected chi connectivity index (χ0v) is 13.7. The summed E-state index contributed by atoms with van der Waals surface area (Å²) in [5.41, 5.74) is 4.81. The Morgan fingerprint density at radius 3 is 2.52 bits per heavy atom. The molecule has 120 valence electrons. The van der Waals surface area contributed by atoms with Crippen LogP contribution in [0.25, 0.3) is 0 Å². The molecule has 2 aromatic rings.